The van der Waals surface area contributed by atoms with Gasteiger partial charge < -0.3 is 25.8 Å². The number of hydrogen-bond donors (Lipinski definition) is 2. The average Bonchev–Trinajstić information content (AvgIpc) is 3.36. The smallest absolute Gasteiger partial charge is 0.384 e. The van der Waals surface area contributed by atoms with Gasteiger partial charge in [0.15, 0.2) is 0 Å². The van der Waals surface area contributed by atoms with Crippen LogP contribution in [0.15, 0.2) is 49.1 Å². The molecule has 1 aliphatic rings. The lowest BCUT2D eigenvalue weighted by Crippen LogP contribution is -2.35. The van der Waals surface area contributed by atoms with E-state index in [0.717, 1.165) is 42.9 Å². The van der Waals surface area contributed by atoms with E-state index in [0.29, 0.717) is 48.3 Å². The SMILES string of the molecule is CN(C)CCn1cc(-c2ccc(F)c(C(F)(F)F)c2)nc1C1CCN(c2ncnc(N)c2-c2ccc(N)nc2)CC1. The molecular weight excluding hydrogens is 538 g/mol. The van der Waals surface area contributed by atoms with Crippen LogP contribution < -0.4 is 16.4 Å². The first kappa shape index (κ1) is 28.3. The summed E-state index contributed by atoms with van der Waals surface area (Å²) in [5.41, 5.74) is 12.8. The van der Waals surface area contributed by atoms with Crippen molar-refractivity contribution in [1.82, 2.24) is 29.4 Å². The number of piperidine rings is 1. The lowest BCUT2D eigenvalue weighted by Gasteiger charge is -2.34. The molecule has 5 rings (SSSR count). The van der Waals surface area contributed by atoms with Crippen LogP contribution in [-0.2, 0) is 12.7 Å². The number of halogens is 4. The fourth-order valence-electron chi connectivity index (χ4n) is 5.09. The van der Waals surface area contributed by atoms with Crippen molar-refractivity contribution in [3.63, 3.8) is 0 Å². The molecule has 1 fully saturated rings. The summed E-state index contributed by atoms with van der Waals surface area (Å²) in [6.07, 6.45) is 1.51. The Kier molecular flexibility index (Phi) is 7.80. The third-order valence-corrected chi connectivity index (χ3v) is 7.25. The largest absolute Gasteiger partial charge is 0.419 e. The second-order valence-corrected chi connectivity index (χ2v) is 10.4. The van der Waals surface area contributed by atoms with E-state index in [-0.39, 0.29) is 11.5 Å². The number of alkyl halides is 3. The third kappa shape index (κ3) is 6.09. The Balaban J connectivity index is 1.42. The van der Waals surface area contributed by atoms with Crippen molar-refractivity contribution >= 4 is 17.5 Å². The predicted octanol–water partition coefficient (Wildman–Crippen LogP) is 4.67. The zero-order valence-electron chi connectivity index (χ0n) is 22.7. The highest BCUT2D eigenvalue weighted by Crippen LogP contribution is 2.38. The lowest BCUT2D eigenvalue weighted by atomic mass is 9.95. The Labute approximate surface area is 234 Å². The molecule has 216 valence electrons. The number of nitrogens with two attached hydrogens (primary N) is 2. The number of benzene rings is 1. The first-order valence-corrected chi connectivity index (χ1v) is 13.2. The van der Waals surface area contributed by atoms with E-state index in [4.69, 9.17) is 16.5 Å². The van der Waals surface area contributed by atoms with Crippen molar-refractivity contribution in [2.75, 3.05) is 50.1 Å². The number of aromatic nitrogens is 5. The van der Waals surface area contributed by atoms with Crippen LogP contribution in [0.5, 0.6) is 0 Å². The number of hydrogen-bond acceptors (Lipinski definition) is 8. The Morgan fingerprint density at radius 3 is 2.39 bits per heavy atom. The molecule has 9 nitrogen and oxygen atoms in total. The molecule has 1 aromatic carbocycles. The number of nitrogen functional groups attached to an aromatic ring is 2. The molecule has 0 saturated carbocycles. The summed E-state index contributed by atoms with van der Waals surface area (Å²) >= 11 is 0. The first-order valence-electron chi connectivity index (χ1n) is 13.2. The normalized spacial score (nSPS) is 14.7. The monoisotopic (exact) mass is 569 g/mol. The summed E-state index contributed by atoms with van der Waals surface area (Å²) in [6, 6.07) is 6.53. The minimum Gasteiger partial charge on any atom is -0.384 e. The molecule has 41 heavy (non-hydrogen) atoms. The molecular formula is C28H31F4N9. The van der Waals surface area contributed by atoms with Gasteiger partial charge in [0, 0.05) is 55.6 Å². The Hall–Kier alpha value is -4.26. The Bertz CT molecular complexity index is 1510. The predicted molar refractivity (Wildman–Crippen MR) is 149 cm³/mol. The highest BCUT2D eigenvalue weighted by atomic mass is 19.4. The number of imidazole rings is 1. The summed E-state index contributed by atoms with van der Waals surface area (Å²) in [7, 11) is 3.90. The summed E-state index contributed by atoms with van der Waals surface area (Å²) in [5.74, 6) is 0.983. The zero-order valence-corrected chi connectivity index (χ0v) is 22.7. The van der Waals surface area contributed by atoms with Crippen LogP contribution >= 0.6 is 0 Å². The van der Waals surface area contributed by atoms with Gasteiger partial charge in [-0.15, -0.1) is 0 Å². The van der Waals surface area contributed by atoms with Crippen molar-refractivity contribution in [3.05, 3.63) is 66.3 Å². The van der Waals surface area contributed by atoms with Crippen LogP contribution in [-0.4, -0.2) is 63.1 Å². The maximum absolute atomic E-state index is 13.9. The number of pyridine rings is 1. The quantitative estimate of drug-likeness (QED) is 0.309. The highest BCUT2D eigenvalue weighted by molar-refractivity contribution is 5.84. The molecule has 13 heteroatoms. The molecule has 0 aliphatic carbocycles. The van der Waals surface area contributed by atoms with E-state index in [2.05, 4.69) is 19.9 Å². The minimum atomic E-state index is -4.80. The van der Waals surface area contributed by atoms with Gasteiger partial charge in [-0.05, 0) is 57.3 Å². The van der Waals surface area contributed by atoms with Crippen molar-refractivity contribution in [1.29, 1.82) is 0 Å². The zero-order chi connectivity index (χ0) is 29.3. The molecule has 4 aromatic rings. The number of anilines is 3. The van der Waals surface area contributed by atoms with Gasteiger partial charge in [-0.3, -0.25) is 0 Å². The van der Waals surface area contributed by atoms with Gasteiger partial charge in [0.2, 0.25) is 0 Å². The van der Waals surface area contributed by atoms with E-state index in [1.54, 1.807) is 18.5 Å². The van der Waals surface area contributed by atoms with Crippen LogP contribution in [0.1, 0.15) is 30.1 Å². The molecule has 3 aromatic heterocycles. The summed E-state index contributed by atoms with van der Waals surface area (Å²) in [4.78, 5) is 21.8. The summed E-state index contributed by atoms with van der Waals surface area (Å²) < 4.78 is 56.1. The molecule has 0 atom stereocenters. The van der Waals surface area contributed by atoms with Gasteiger partial charge >= 0.3 is 6.18 Å². The molecule has 0 radical (unpaired) electrons. The summed E-state index contributed by atoms with van der Waals surface area (Å²) in [5, 5.41) is 0. The first-order chi connectivity index (χ1) is 19.5. The fourth-order valence-corrected chi connectivity index (χ4v) is 5.09. The molecule has 0 bridgehead atoms. The van der Waals surface area contributed by atoms with Crippen LogP contribution in [0.2, 0.25) is 0 Å². The van der Waals surface area contributed by atoms with Gasteiger partial charge in [-0.2, -0.15) is 13.2 Å². The van der Waals surface area contributed by atoms with Crippen molar-refractivity contribution < 1.29 is 17.6 Å². The maximum atomic E-state index is 13.9. The Morgan fingerprint density at radius 2 is 1.73 bits per heavy atom. The van der Waals surface area contributed by atoms with E-state index >= 15 is 0 Å². The molecule has 0 amide bonds. The van der Waals surface area contributed by atoms with Gasteiger partial charge in [0.05, 0.1) is 16.8 Å². The van der Waals surface area contributed by atoms with Crippen molar-refractivity contribution in [2.24, 2.45) is 0 Å². The number of rotatable bonds is 7. The maximum Gasteiger partial charge on any atom is 0.419 e. The standard InChI is InChI=1S/C28H31F4N9/c1-39(2)11-12-41-15-22(18-3-5-21(29)20(13-18)28(30,31)32)38-26(41)17-7-9-40(10-8-17)27-24(25(34)36-16-37-27)19-4-6-23(33)35-14-19/h3-6,13-17H,7-12H2,1-2H3,(H2,33,35)(H2,34,36,37). The third-order valence-electron chi connectivity index (χ3n) is 7.25. The molecule has 4 N–H and O–H groups in total. The van der Waals surface area contributed by atoms with Crippen molar-refractivity contribution in [2.45, 2.75) is 31.5 Å². The Morgan fingerprint density at radius 1 is 1.00 bits per heavy atom. The number of nitrogens with zero attached hydrogens (tertiary/aromatic N) is 7. The van der Waals surface area contributed by atoms with E-state index in [9.17, 15) is 17.6 Å². The molecule has 1 aliphatic heterocycles. The van der Waals surface area contributed by atoms with E-state index in [1.165, 1.54) is 12.4 Å². The second-order valence-electron chi connectivity index (χ2n) is 10.4. The van der Waals surface area contributed by atoms with Gasteiger partial charge in [-0.25, -0.2) is 24.3 Å². The number of likely N-dealkylation sites (N-methyl/N-ethyl adjacent to an activating group) is 1. The van der Waals surface area contributed by atoms with E-state index < -0.39 is 17.6 Å². The van der Waals surface area contributed by atoms with Crippen molar-refractivity contribution in [3.8, 4) is 22.4 Å². The molecule has 1 saturated heterocycles. The average molecular weight is 570 g/mol. The van der Waals surface area contributed by atoms with Gasteiger partial charge in [-0.1, -0.05) is 0 Å². The minimum absolute atomic E-state index is 0.0607. The lowest BCUT2D eigenvalue weighted by molar-refractivity contribution is -0.139. The highest BCUT2D eigenvalue weighted by Gasteiger charge is 2.35. The van der Waals surface area contributed by atoms with E-state index in [1.807, 2.05) is 29.6 Å². The van der Waals surface area contributed by atoms with Crippen LogP contribution in [0, 0.1) is 5.82 Å². The van der Waals surface area contributed by atoms with Gasteiger partial charge in [0.1, 0.15) is 35.4 Å². The molecule has 4 heterocycles. The van der Waals surface area contributed by atoms with Crippen LogP contribution in [0.3, 0.4) is 0 Å². The van der Waals surface area contributed by atoms with Gasteiger partial charge in [0.25, 0.3) is 0 Å². The summed E-state index contributed by atoms with van der Waals surface area (Å²) in [6.45, 7) is 2.64. The van der Waals surface area contributed by atoms with Crippen LogP contribution in [0.4, 0.5) is 35.0 Å². The molecule has 0 unspecified atom stereocenters. The fraction of sp³-hybridized carbons (Fsp3) is 0.357. The molecule has 0 spiro atoms. The van der Waals surface area contributed by atoms with Crippen LogP contribution in [0.25, 0.3) is 22.4 Å². The topological polar surface area (TPSA) is 115 Å². The second kappa shape index (κ2) is 11.3.